The van der Waals surface area contributed by atoms with Crippen LogP contribution in [0.4, 0.5) is 5.69 Å². The number of hydrogen-bond acceptors (Lipinski definition) is 4. The van der Waals surface area contributed by atoms with Gasteiger partial charge in [0.1, 0.15) is 6.10 Å². The maximum Gasteiger partial charge on any atom is 0.306 e. The van der Waals surface area contributed by atoms with Crippen molar-refractivity contribution >= 4 is 11.7 Å². The van der Waals surface area contributed by atoms with Gasteiger partial charge in [-0.3, -0.25) is 9.69 Å². The molecular weight excluding hydrogens is 336 g/mol. The second kappa shape index (κ2) is 8.64. The molecule has 0 spiro atoms. The van der Waals surface area contributed by atoms with E-state index in [9.17, 15) is 4.79 Å². The molecule has 1 atom stereocenters. The van der Waals surface area contributed by atoms with E-state index in [0.29, 0.717) is 12.3 Å². The number of ether oxygens (including phenoxy) is 1. The molecule has 2 aliphatic heterocycles. The van der Waals surface area contributed by atoms with Crippen LogP contribution in [0.15, 0.2) is 24.3 Å². The summed E-state index contributed by atoms with van der Waals surface area (Å²) in [5.74, 6) is 0.548. The molecule has 0 saturated carbocycles. The molecule has 1 aromatic carbocycles. The zero-order valence-electron chi connectivity index (χ0n) is 17.5. The highest BCUT2D eigenvalue weighted by molar-refractivity contribution is 5.73. The molecular formula is C23H36N2O2. The van der Waals surface area contributed by atoms with Gasteiger partial charge in [-0.2, -0.15) is 0 Å². The van der Waals surface area contributed by atoms with Gasteiger partial charge in [0.15, 0.2) is 0 Å². The van der Waals surface area contributed by atoms with Crippen LogP contribution in [0.3, 0.4) is 0 Å². The molecule has 4 nitrogen and oxygen atoms in total. The van der Waals surface area contributed by atoms with Crippen molar-refractivity contribution in [3.63, 3.8) is 0 Å². The van der Waals surface area contributed by atoms with Crippen molar-refractivity contribution in [2.75, 3.05) is 37.6 Å². The van der Waals surface area contributed by atoms with Gasteiger partial charge in [-0.05, 0) is 36.8 Å². The summed E-state index contributed by atoms with van der Waals surface area (Å²) >= 11 is 0. The van der Waals surface area contributed by atoms with Gasteiger partial charge >= 0.3 is 5.97 Å². The average Bonchev–Trinajstić information content (AvgIpc) is 3.02. The molecule has 3 rings (SSSR count). The average molecular weight is 373 g/mol. The van der Waals surface area contributed by atoms with Crippen LogP contribution in [-0.2, 0) is 9.53 Å². The van der Waals surface area contributed by atoms with Gasteiger partial charge in [0.2, 0.25) is 0 Å². The molecule has 0 aliphatic carbocycles. The third-order valence-electron chi connectivity index (χ3n) is 6.84. The number of carbonyl (C=O) groups is 1. The predicted molar refractivity (Wildman–Crippen MR) is 111 cm³/mol. The lowest BCUT2D eigenvalue weighted by molar-refractivity contribution is -0.142. The number of benzene rings is 1. The fraction of sp³-hybridized carbons (Fsp3) is 0.696. The Labute approximate surface area is 164 Å². The van der Waals surface area contributed by atoms with E-state index < -0.39 is 0 Å². The fourth-order valence-electron chi connectivity index (χ4n) is 4.82. The molecule has 4 heteroatoms. The first kappa shape index (κ1) is 20.2. The van der Waals surface area contributed by atoms with E-state index in [-0.39, 0.29) is 17.5 Å². The molecule has 2 aliphatic rings. The summed E-state index contributed by atoms with van der Waals surface area (Å²) in [6.45, 7) is 14.3. The van der Waals surface area contributed by atoms with Crippen molar-refractivity contribution in [2.45, 2.75) is 65.4 Å². The van der Waals surface area contributed by atoms with Gasteiger partial charge in [-0.25, -0.2) is 0 Å². The van der Waals surface area contributed by atoms with Crippen molar-refractivity contribution in [3.8, 4) is 0 Å². The smallest absolute Gasteiger partial charge is 0.306 e. The van der Waals surface area contributed by atoms with Crippen LogP contribution >= 0.6 is 0 Å². The van der Waals surface area contributed by atoms with Gasteiger partial charge in [0.05, 0.1) is 6.42 Å². The highest BCUT2D eigenvalue weighted by Gasteiger charge is 2.46. The topological polar surface area (TPSA) is 32.8 Å². The van der Waals surface area contributed by atoms with Crippen LogP contribution in [-0.4, -0.2) is 49.7 Å². The zero-order chi connectivity index (χ0) is 19.4. The van der Waals surface area contributed by atoms with Crippen LogP contribution in [0, 0.1) is 5.41 Å². The fourth-order valence-corrected chi connectivity index (χ4v) is 4.82. The van der Waals surface area contributed by atoms with Crippen molar-refractivity contribution in [2.24, 2.45) is 5.41 Å². The molecule has 150 valence electrons. The van der Waals surface area contributed by atoms with Gasteiger partial charge in [-0.1, -0.05) is 45.9 Å². The predicted octanol–water partition coefficient (Wildman–Crippen LogP) is 4.44. The SMILES string of the molecule is CCC1(CC)CC(=O)OC1CCN1CCN(c2ccccc2C(C)C)CC1. The maximum absolute atomic E-state index is 11.9. The van der Waals surface area contributed by atoms with Crippen molar-refractivity contribution < 1.29 is 9.53 Å². The number of rotatable bonds is 7. The minimum Gasteiger partial charge on any atom is -0.462 e. The molecule has 27 heavy (non-hydrogen) atoms. The van der Waals surface area contributed by atoms with Crippen LogP contribution in [0.2, 0.25) is 0 Å². The van der Waals surface area contributed by atoms with Gasteiger partial charge in [0.25, 0.3) is 0 Å². The standard InChI is InChI=1S/C23H36N2O2/c1-5-23(6-2)17-22(26)27-21(23)11-12-24-13-15-25(16-14-24)20-10-8-7-9-19(20)18(3)4/h7-10,18,21H,5-6,11-17H2,1-4H3. The molecule has 0 aromatic heterocycles. The molecule has 2 heterocycles. The first-order chi connectivity index (χ1) is 13.0. The van der Waals surface area contributed by atoms with Gasteiger partial charge < -0.3 is 9.64 Å². The van der Waals surface area contributed by atoms with Crippen molar-refractivity contribution in [1.29, 1.82) is 0 Å². The third-order valence-corrected chi connectivity index (χ3v) is 6.84. The number of piperazine rings is 1. The Morgan fingerprint density at radius 3 is 2.41 bits per heavy atom. The minimum absolute atomic E-state index is 0.00110. The summed E-state index contributed by atoms with van der Waals surface area (Å²) in [5, 5.41) is 0. The number of para-hydroxylation sites is 1. The number of anilines is 1. The summed E-state index contributed by atoms with van der Waals surface area (Å²) in [4.78, 5) is 17.0. The number of hydrogen-bond donors (Lipinski definition) is 0. The van der Waals surface area contributed by atoms with Crippen molar-refractivity contribution in [1.82, 2.24) is 4.90 Å². The Morgan fingerprint density at radius 1 is 1.11 bits per heavy atom. The molecule has 0 bridgehead atoms. The largest absolute Gasteiger partial charge is 0.462 e. The molecule has 0 N–H and O–H groups in total. The maximum atomic E-state index is 11.9. The quantitative estimate of drug-likeness (QED) is 0.662. The summed E-state index contributed by atoms with van der Waals surface area (Å²) in [6.07, 6.45) is 3.72. The molecule has 2 saturated heterocycles. The Kier molecular flexibility index (Phi) is 6.46. The van der Waals surface area contributed by atoms with Gasteiger partial charge in [-0.15, -0.1) is 0 Å². The Morgan fingerprint density at radius 2 is 1.78 bits per heavy atom. The lowest BCUT2D eigenvalue weighted by Gasteiger charge is -2.38. The van der Waals surface area contributed by atoms with E-state index in [2.05, 4.69) is 61.8 Å². The van der Waals surface area contributed by atoms with Crippen LogP contribution in [0.1, 0.15) is 64.9 Å². The van der Waals surface area contributed by atoms with E-state index in [1.807, 2.05) is 0 Å². The highest BCUT2D eigenvalue weighted by Crippen LogP contribution is 2.43. The molecule has 1 unspecified atom stereocenters. The second-order valence-corrected chi connectivity index (χ2v) is 8.56. The van der Waals surface area contributed by atoms with E-state index in [1.54, 1.807) is 0 Å². The number of esters is 1. The van der Waals surface area contributed by atoms with E-state index in [0.717, 1.165) is 52.0 Å². The monoisotopic (exact) mass is 372 g/mol. The zero-order valence-corrected chi connectivity index (χ0v) is 17.5. The molecule has 2 fully saturated rings. The lowest BCUT2D eigenvalue weighted by atomic mass is 9.75. The first-order valence-electron chi connectivity index (χ1n) is 10.7. The molecule has 1 aromatic rings. The lowest BCUT2D eigenvalue weighted by Crippen LogP contribution is -2.47. The van der Waals surface area contributed by atoms with E-state index >= 15 is 0 Å². The molecule has 0 amide bonds. The Bertz CT molecular complexity index is 631. The number of cyclic esters (lactones) is 1. The van der Waals surface area contributed by atoms with Gasteiger partial charge in [0, 0.05) is 43.8 Å². The Hall–Kier alpha value is -1.55. The van der Waals surface area contributed by atoms with E-state index in [1.165, 1.54) is 11.3 Å². The van der Waals surface area contributed by atoms with Crippen molar-refractivity contribution in [3.05, 3.63) is 29.8 Å². The second-order valence-electron chi connectivity index (χ2n) is 8.56. The van der Waals surface area contributed by atoms with Crippen LogP contribution < -0.4 is 4.90 Å². The molecule has 0 radical (unpaired) electrons. The normalized spacial score (nSPS) is 23.1. The van der Waals surface area contributed by atoms with E-state index in [4.69, 9.17) is 4.74 Å². The van der Waals surface area contributed by atoms with Crippen LogP contribution in [0.25, 0.3) is 0 Å². The summed E-state index contributed by atoms with van der Waals surface area (Å²) in [6, 6.07) is 8.82. The highest BCUT2D eigenvalue weighted by atomic mass is 16.6. The summed E-state index contributed by atoms with van der Waals surface area (Å²) in [5.41, 5.74) is 2.90. The number of nitrogens with zero attached hydrogens (tertiary/aromatic N) is 2. The summed E-state index contributed by atoms with van der Waals surface area (Å²) in [7, 11) is 0. The Balaban J connectivity index is 1.54. The minimum atomic E-state index is -0.00110. The third kappa shape index (κ3) is 4.31. The first-order valence-corrected chi connectivity index (χ1v) is 10.7. The van der Waals surface area contributed by atoms with Crippen LogP contribution in [0.5, 0.6) is 0 Å². The summed E-state index contributed by atoms with van der Waals surface area (Å²) < 4.78 is 5.71. The number of carbonyl (C=O) groups excluding carboxylic acids is 1.